The van der Waals surface area contributed by atoms with Gasteiger partial charge in [-0.25, -0.2) is 9.97 Å². The van der Waals surface area contributed by atoms with E-state index in [1.54, 1.807) is 0 Å². The highest BCUT2D eigenvalue weighted by atomic mass is 35.5. The van der Waals surface area contributed by atoms with Gasteiger partial charge in [0.2, 0.25) is 5.28 Å². The van der Waals surface area contributed by atoms with Crippen molar-refractivity contribution in [1.82, 2.24) is 9.97 Å². The van der Waals surface area contributed by atoms with Crippen LogP contribution in [-0.4, -0.2) is 49.3 Å². The number of rotatable bonds is 8. The Balaban J connectivity index is 1.42. The van der Waals surface area contributed by atoms with Gasteiger partial charge in [-0.05, 0) is 61.4 Å². The number of benzene rings is 1. The molecule has 0 spiro atoms. The Morgan fingerprint density at radius 2 is 2.00 bits per heavy atom. The number of nitrogens with zero attached hydrogens (tertiary/aromatic N) is 2. The molecule has 1 saturated carbocycles. The number of ether oxygens (including phenoxy) is 1. The fourth-order valence-electron chi connectivity index (χ4n) is 3.57. The summed E-state index contributed by atoms with van der Waals surface area (Å²) in [6.45, 7) is 0.235. The van der Waals surface area contributed by atoms with Crippen LogP contribution in [0, 0.1) is 0 Å². The van der Waals surface area contributed by atoms with Crippen LogP contribution in [0.4, 0.5) is 5.82 Å². The highest BCUT2D eigenvalue weighted by molar-refractivity contribution is 7.63. The number of hydrogen-bond donors (Lipinski definition) is 4. The van der Waals surface area contributed by atoms with Crippen molar-refractivity contribution in [2.45, 2.75) is 50.4 Å². The zero-order chi connectivity index (χ0) is 20.4. The lowest BCUT2D eigenvalue weighted by molar-refractivity contribution is 0.0178. The summed E-state index contributed by atoms with van der Waals surface area (Å²) in [5.74, 6) is 0.655. The molecule has 158 valence electrons. The molecule has 3 atom stereocenters. The van der Waals surface area contributed by atoms with E-state index in [2.05, 4.69) is 15.3 Å². The largest absolute Gasteiger partial charge is 0.368 e. The van der Waals surface area contributed by atoms with Gasteiger partial charge in [-0.2, -0.15) is 0 Å². The fraction of sp³-hybridized carbons (Fsp3) is 0.556. The average molecular weight is 460 g/mol. The highest BCUT2D eigenvalue weighted by Crippen LogP contribution is 2.45. The summed E-state index contributed by atoms with van der Waals surface area (Å²) >= 11 is 6.14. The van der Waals surface area contributed by atoms with Crippen molar-refractivity contribution in [1.29, 1.82) is 0 Å². The van der Waals surface area contributed by atoms with Crippen LogP contribution in [0.3, 0.4) is 0 Å². The minimum atomic E-state index is -2.15. The average Bonchev–Trinajstić information content (AvgIpc) is 3.10. The summed E-state index contributed by atoms with van der Waals surface area (Å²) in [6.07, 6.45) is 4.95. The summed E-state index contributed by atoms with van der Waals surface area (Å²) in [4.78, 5) is 36.3. The number of halogens is 1. The van der Waals surface area contributed by atoms with Crippen LogP contribution in [0.5, 0.6) is 0 Å². The molecule has 2 aliphatic rings. The van der Waals surface area contributed by atoms with Crippen LogP contribution in [-0.2, 0) is 9.26 Å². The lowest BCUT2D eigenvalue weighted by atomic mass is 9.93. The topological polar surface area (TPSA) is 117 Å². The Morgan fingerprint density at radius 1 is 1.17 bits per heavy atom. The molecule has 1 aliphatic heterocycles. The molecule has 1 aliphatic carbocycles. The van der Waals surface area contributed by atoms with Crippen LogP contribution in [0.15, 0.2) is 18.2 Å². The minimum Gasteiger partial charge on any atom is -0.368 e. The molecule has 2 heterocycles. The lowest BCUT2D eigenvalue weighted by Crippen LogP contribution is -2.27. The molecule has 1 saturated heterocycles. The monoisotopic (exact) mass is 459 g/mol. The van der Waals surface area contributed by atoms with Gasteiger partial charge in [0.05, 0.1) is 30.2 Å². The van der Waals surface area contributed by atoms with Crippen LogP contribution < -0.4 is 5.32 Å². The van der Waals surface area contributed by atoms with Gasteiger partial charge < -0.3 is 29.3 Å². The van der Waals surface area contributed by atoms with Crippen LogP contribution in [0.1, 0.15) is 43.8 Å². The Hall–Kier alpha value is -0.690. The molecular formula is C18H24ClN3O5P2. The van der Waals surface area contributed by atoms with E-state index in [-0.39, 0.29) is 30.0 Å². The standard InChI is InChI=1S/C18H24ClN3O5P2/c19-18-21-15-8-11(4-6-14(15)17(22-18)20-12-2-1-3-12)16-7-5-13(27-16)9-26-29(25)10-28(23)24/h4,6,8,12-13,16,23-25H,1-3,5,7,9-10H2,(H,20,21,22). The molecule has 2 fully saturated rings. The van der Waals surface area contributed by atoms with Gasteiger partial charge in [0.1, 0.15) is 5.82 Å². The van der Waals surface area contributed by atoms with Crippen LogP contribution in [0.2, 0.25) is 5.28 Å². The van der Waals surface area contributed by atoms with Gasteiger partial charge in [-0.1, -0.05) is 6.07 Å². The van der Waals surface area contributed by atoms with Crippen molar-refractivity contribution < 1.29 is 23.9 Å². The van der Waals surface area contributed by atoms with E-state index in [1.165, 1.54) is 6.42 Å². The van der Waals surface area contributed by atoms with Gasteiger partial charge in [0, 0.05) is 11.4 Å². The molecule has 2 aromatic rings. The first-order chi connectivity index (χ1) is 14.0. The molecule has 0 bridgehead atoms. The molecule has 0 radical (unpaired) electrons. The summed E-state index contributed by atoms with van der Waals surface area (Å²) in [5, 5.41) is 4.62. The normalized spacial score (nSPS) is 23.5. The maximum atomic E-state index is 9.67. The van der Waals surface area contributed by atoms with Crippen molar-refractivity contribution in [2.75, 3.05) is 17.8 Å². The zero-order valence-electron chi connectivity index (χ0n) is 15.7. The van der Waals surface area contributed by atoms with E-state index in [0.29, 0.717) is 6.04 Å². The van der Waals surface area contributed by atoms with Gasteiger partial charge in [0.15, 0.2) is 16.8 Å². The minimum absolute atomic E-state index is 0.0810. The number of anilines is 1. The van der Waals surface area contributed by atoms with E-state index in [0.717, 1.165) is 48.0 Å². The van der Waals surface area contributed by atoms with E-state index in [1.807, 2.05) is 18.2 Å². The predicted octanol–water partition coefficient (Wildman–Crippen LogP) is 4.04. The van der Waals surface area contributed by atoms with E-state index < -0.39 is 16.8 Å². The molecule has 1 aromatic heterocycles. The first kappa shape index (κ1) is 21.5. The number of hydrogen-bond acceptors (Lipinski definition) is 8. The molecule has 4 rings (SSSR count). The molecule has 11 heteroatoms. The highest BCUT2D eigenvalue weighted by Gasteiger charge is 2.28. The fourth-order valence-corrected chi connectivity index (χ4v) is 5.27. The smallest absolute Gasteiger partial charge is 0.224 e. The SMILES string of the molecule is OP(O)CP(O)OCC1CCC(c2ccc3c(NC4CCC4)nc(Cl)nc3c2)O1. The molecule has 29 heavy (non-hydrogen) atoms. The number of aromatic nitrogens is 2. The lowest BCUT2D eigenvalue weighted by Gasteiger charge is -2.27. The third kappa shape index (κ3) is 5.52. The second-order valence-corrected chi connectivity index (χ2v) is 10.6. The molecule has 1 aromatic carbocycles. The Bertz CT molecular complexity index is 858. The number of fused-ring (bicyclic) bond motifs is 1. The quantitative estimate of drug-likeness (QED) is 0.345. The Morgan fingerprint density at radius 3 is 2.72 bits per heavy atom. The molecule has 0 amide bonds. The van der Waals surface area contributed by atoms with Crippen molar-refractivity contribution in [3.8, 4) is 0 Å². The molecular weight excluding hydrogens is 436 g/mol. The Labute approximate surface area is 176 Å². The van der Waals surface area contributed by atoms with Crippen molar-refractivity contribution in [3.05, 3.63) is 29.0 Å². The van der Waals surface area contributed by atoms with Crippen molar-refractivity contribution in [3.63, 3.8) is 0 Å². The van der Waals surface area contributed by atoms with E-state index in [4.69, 9.17) is 30.6 Å². The third-order valence-corrected chi connectivity index (χ3v) is 7.87. The zero-order valence-corrected chi connectivity index (χ0v) is 18.3. The summed E-state index contributed by atoms with van der Waals surface area (Å²) in [6, 6.07) is 6.48. The first-order valence-electron chi connectivity index (χ1n) is 9.62. The van der Waals surface area contributed by atoms with Gasteiger partial charge in [0.25, 0.3) is 0 Å². The summed E-state index contributed by atoms with van der Waals surface area (Å²) in [5.41, 5.74) is 1.80. The van der Waals surface area contributed by atoms with Crippen molar-refractivity contribution in [2.24, 2.45) is 0 Å². The second-order valence-electron chi connectivity index (χ2n) is 7.38. The van der Waals surface area contributed by atoms with Crippen molar-refractivity contribution >= 4 is 45.1 Å². The molecule has 4 N–H and O–H groups in total. The number of nitrogens with one attached hydrogen (secondary N) is 1. The maximum absolute atomic E-state index is 9.67. The second kappa shape index (κ2) is 9.63. The van der Waals surface area contributed by atoms with Gasteiger partial charge in [-0.15, -0.1) is 0 Å². The third-order valence-electron chi connectivity index (χ3n) is 5.28. The van der Waals surface area contributed by atoms with E-state index in [9.17, 15) is 4.89 Å². The van der Waals surface area contributed by atoms with E-state index >= 15 is 0 Å². The summed E-state index contributed by atoms with van der Waals surface area (Å²) in [7, 11) is -3.98. The Kier molecular flexibility index (Phi) is 7.15. The summed E-state index contributed by atoms with van der Waals surface area (Å²) < 4.78 is 11.4. The van der Waals surface area contributed by atoms with Crippen LogP contribution in [0.25, 0.3) is 10.9 Å². The van der Waals surface area contributed by atoms with Gasteiger partial charge in [-0.3, -0.25) is 0 Å². The maximum Gasteiger partial charge on any atom is 0.224 e. The molecule has 3 unspecified atom stereocenters. The predicted molar refractivity (Wildman–Crippen MR) is 114 cm³/mol. The van der Waals surface area contributed by atoms with Crippen LogP contribution >= 0.6 is 28.4 Å². The molecule has 8 nitrogen and oxygen atoms in total. The first-order valence-corrected chi connectivity index (χ1v) is 12.8. The van der Waals surface area contributed by atoms with Gasteiger partial charge >= 0.3 is 0 Å².